The summed E-state index contributed by atoms with van der Waals surface area (Å²) in [4.78, 5) is 0. The molecule has 1 fully saturated rings. The molecule has 0 atom stereocenters. The molecule has 0 amide bonds. The van der Waals surface area contributed by atoms with Crippen molar-refractivity contribution in [3.8, 4) is 11.5 Å². The maximum Gasteiger partial charge on any atom is 0.164 e. The van der Waals surface area contributed by atoms with E-state index in [1.165, 1.54) is 24.8 Å². The van der Waals surface area contributed by atoms with E-state index in [-0.39, 0.29) is 5.41 Å². The van der Waals surface area contributed by atoms with Gasteiger partial charge in [0.05, 0.1) is 14.2 Å². The molecule has 22 heavy (non-hydrogen) atoms. The van der Waals surface area contributed by atoms with Crippen LogP contribution < -0.4 is 15.2 Å². The maximum absolute atomic E-state index is 6.70. The minimum absolute atomic E-state index is 0.0332. The van der Waals surface area contributed by atoms with Crippen molar-refractivity contribution >= 4 is 11.6 Å². The fraction of sp³-hybridized carbons (Fsp3) is 0.667. The fourth-order valence-electron chi connectivity index (χ4n) is 3.86. The van der Waals surface area contributed by atoms with Crippen LogP contribution in [0.15, 0.2) is 6.07 Å². The summed E-state index contributed by atoms with van der Waals surface area (Å²) in [6.45, 7) is 4.97. The van der Waals surface area contributed by atoms with Gasteiger partial charge in [-0.25, -0.2) is 0 Å². The molecule has 0 heterocycles. The van der Waals surface area contributed by atoms with Gasteiger partial charge in [-0.1, -0.05) is 44.7 Å². The molecule has 3 nitrogen and oxygen atoms in total. The predicted molar refractivity (Wildman–Crippen MR) is 92.5 cm³/mol. The van der Waals surface area contributed by atoms with Crippen LogP contribution in [0.5, 0.6) is 11.5 Å². The predicted octanol–water partition coefficient (Wildman–Crippen LogP) is 4.64. The Morgan fingerprint density at radius 2 is 1.82 bits per heavy atom. The van der Waals surface area contributed by atoms with Gasteiger partial charge >= 0.3 is 0 Å². The highest BCUT2D eigenvalue weighted by Crippen LogP contribution is 2.50. The van der Waals surface area contributed by atoms with Crippen LogP contribution in [-0.4, -0.2) is 20.8 Å². The van der Waals surface area contributed by atoms with Crippen LogP contribution in [0.4, 0.5) is 0 Å². The van der Waals surface area contributed by atoms with E-state index in [9.17, 15) is 0 Å². The molecule has 0 radical (unpaired) electrons. The third-order valence-electron chi connectivity index (χ3n) is 4.97. The van der Waals surface area contributed by atoms with Gasteiger partial charge in [0.25, 0.3) is 0 Å². The highest BCUT2D eigenvalue weighted by molar-refractivity contribution is 6.32. The Balaban J connectivity index is 2.73. The van der Waals surface area contributed by atoms with Crippen molar-refractivity contribution in [3.05, 3.63) is 22.2 Å². The summed E-state index contributed by atoms with van der Waals surface area (Å²) < 4.78 is 11.2. The fourth-order valence-corrected chi connectivity index (χ4v) is 4.27. The molecule has 0 unspecified atom stereocenters. The Kier molecular flexibility index (Phi) is 5.62. The molecule has 0 bridgehead atoms. The van der Waals surface area contributed by atoms with Crippen LogP contribution >= 0.6 is 11.6 Å². The number of nitrogens with two attached hydrogens (primary N) is 1. The molecule has 1 saturated carbocycles. The van der Waals surface area contributed by atoms with Crippen LogP contribution in [0, 0.1) is 0 Å². The SMILES string of the molecule is COc1cc(Cl)c(C2(CN)CCCCC2)c(C(C)C)c1OC. The second-order valence-corrected chi connectivity index (χ2v) is 6.99. The Morgan fingerprint density at radius 3 is 2.27 bits per heavy atom. The van der Waals surface area contributed by atoms with Gasteiger partial charge in [-0.05, 0) is 24.3 Å². The Labute approximate surface area is 139 Å². The number of methoxy groups -OCH3 is 2. The smallest absolute Gasteiger partial charge is 0.164 e. The van der Waals surface area contributed by atoms with E-state index in [1.54, 1.807) is 14.2 Å². The van der Waals surface area contributed by atoms with E-state index < -0.39 is 0 Å². The van der Waals surface area contributed by atoms with Gasteiger partial charge in [0, 0.05) is 28.6 Å². The first-order valence-corrected chi connectivity index (χ1v) is 8.53. The molecule has 1 aliphatic carbocycles. The second-order valence-electron chi connectivity index (χ2n) is 6.58. The summed E-state index contributed by atoms with van der Waals surface area (Å²) in [5, 5.41) is 0.758. The summed E-state index contributed by atoms with van der Waals surface area (Å²) in [6, 6.07) is 1.88. The van der Waals surface area contributed by atoms with Crippen molar-refractivity contribution in [1.82, 2.24) is 0 Å². The van der Waals surface area contributed by atoms with E-state index in [0.717, 1.165) is 29.2 Å². The Bertz CT molecular complexity index is 522. The Morgan fingerprint density at radius 1 is 1.18 bits per heavy atom. The summed E-state index contributed by atoms with van der Waals surface area (Å²) in [7, 11) is 3.34. The van der Waals surface area contributed by atoms with E-state index in [0.29, 0.717) is 18.2 Å². The molecule has 4 heteroatoms. The Hall–Kier alpha value is -0.930. The zero-order chi connectivity index (χ0) is 16.3. The van der Waals surface area contributed by atoms with Gasteiger partial charge in [-0.3, -0.25) is 0 Å². The maximum atomic E-state index is 6.70. The second kappa shape index (κ2) is 7.10. The van der Waals surface area contributed by atoms with Crippen LogP contribution in [0.2, 0.25) is 5.02 Å². The molecular formula is C18H28ClNO2. The van der Waals surface area contributed by atoms with Gasteiger partial charge in [-0.2, -0.15) is 0 Å². The largest absolute Gasteiger partial charge is 0.493 e. The minimum Gasteiger partial charge on any atom is -0.493 e. The van der Waals surface area contributed by atoms with Gasteiger partial charge in [0.15, 0.2) is 11.5 Å². The summed E-state index contributed by atoms with van der Waals surface area (Å²) in [6.07, 6.45) is 5.89. The third kappa shape index (κ3) is 2.93. The summed E-state index contributed by atoms with van der Waals surface area (Å²) >= 11 is 6.70. The van der Waals surface area contributed by atoms with E-state index in [2.05, 4.69) is 13.8 Å². The van der Waals surface area contributed by atoms with Crippen molar-refractivity contribution < 1.29 is 9.47 Å². The summed E-state index contributed by atoms with van der Waals surface area (Å²) in [5.41, 5.74) is 8.54. The first-order valence-electron chi connectivity index (χ1n) is 8.15. The molecule has 2 N–H and O–H groups in total. The normalized spacial score (nSPS) is 17.6. The first-order chi connectivity index (χ1) is 10.5. The first kappa shape index (κ1) is 17.4. The molecule has 124 valence electrons. The van der Waals surface area contributed by atoms with Crippen LogP contribution in [-0.2, 0) is 5.41 Å². The molecule has 1 aromatic carbocycles. The van der Waals surface area contributed by atoms with Crippen LogP contribution in [0.25, 0.3) is 0 Å². The number of hydrogen-bond donors (Lipinski definition) is 1. The topological polar surface area (TPSA) is 44.5 Å². The molecular weight excluding hydrogens is 298 g/mol. The van der Waals surface area contributed by atoms with Crippen molar-refractivity contribution in [2.45, 2.75) is 57.3 Å². The highest BCUT2D eigenvalue weighted by atomic mass is 35.5. The van der Waals surface area contributed by atoms with Crippen molar-refractivity contribution in [3.63, 3.8) is 0 Å². The lowest BCUT2D eigenvalue weighted by molar-refractivity contribution is 0.294. The number of hydrogen-bond acceptors (Lipinski definition) is 3. The monoisotopic (exact) mass is 325 g/mol. The average Bonchev–Trinajstić information content (AvgIpc) is 2.54. The van der Waals surface area contributed by atoms with Crippen molar-refractivity contribution in [2.75, 3.05) is 20.8 Å². The number of halogens is 1. The van der Waals surface area contributed by atoms with Gasteiger partial charge < -0.3 is 15.2 Å². The van der Waals surface area contributed by atoms with Gasteiger partial charge in [-0.15, -0.1) is 0 Å². The zero-order valence-electron chi connectivity index (χ0n) is 14.2. The van der Waals surface area contributed by atoms with Gasteiger partial charge in [0.1, 0.15) is 0 Å². The standard InChI is InChI=1S/C18H28ClNO2/c1-12(2)15-16(18(11-20)8-6-5-7-9-18)13(19)10-14(21-3)17(15)22-4/h10,12H,5-9,11,20H2,1-4H3. The molecule has 0 aliphatic heterocycles. The molecule has 1 aromatic rings. The molecule has 2 rings (SSSR count). The highest BCUT2D eigenvalue weighted by Gasteiger charge is 2.38. The molecule has 0 saturated heterocycles. The third-order valence-corrected chi connectivity index (χ3v) is 5.27. The molecule has 0 spiro atoms. The zero-order valence-corrected chi connectivity index (χ0v) is 14.9. The van der Waals surface area contributed by atoms with Crippen molar-refractivity contribution in [2.24, 2.45) is 5.73 Å². The van der Waals surface area contributed by atoms with Crippen molar-refractivity contribution in [1.29, 1.82) is 0 Å². The van der Waals surface area contributed by atoms with E-state index >= 15 is 0 Å². The molecule has 1 aliphatic rings. The van der Waals surface area contributed by atoms with E-state index in [1.807, 2.05) is 6.07 Å². The lowest BCUT2D eigenvalue weighted by Crippen LogP contribution is -2.38. The minimum atomic E-state index is -0.0332. The number of benzene rings is 1. The lowest BCUT2D eigenvalue weighted by atomic mass is 9.67. The average molecular weight is 326 g/mol. The quantitative estimate of drug-likeness (QED) is 0.857. The number of rotatable bonds is 5. The summed E-state index contributed by atoms with van der Waals surface area (Å²) in [5.74, 6) is 1.79. The van der Waals surface area contributed by atoms with E-state index in [4.69, 9.17) is 26.8 Å². The van der Waals surface area contributed by atoms with Crippen LogP contribution in [0.1, 0.15) is 63.0 Å². The lowest BCUT2D eigenvalue weighted by Gasteiger charge is -2.40. The van der Waals surface area contributed by atoms with Crippen LogP contribution in [0.3, 0.4) is 0 Å². The van der Waals surface area contributed by atoms with Gasteiger partial charge in [0.2, 0.25) is 0 Å². The molecule has 0 aromatic heterocycles. The number of ether oxygens (including phenoxy) is 2.